The highest BCUT2D eigenvalue weighted by atomic mass is 16.2. The number of hydrogen-bond donors (Lipinski definition) is 1. The Morgan fingerprint density at radius 2 is 1.67 bits per heavy atom. The Kier molecular flexibility index (Phi) is 4.62. The van der Waals surface area contributed by atoms with Crippen LogP contribution >= 0.6 is 0 Å². The number of carbonyl (C=O) groups is 2. The van der Waals surface area contributed by atoms with E-state index in [0.29, 0.717) is 18.7 Å². The first-order chi connectivity index (χ1) is 14.6. The number of nitrogens with one attached hydrogen (secondary N) is 1. The lowest BCUT2D eigenvalue weighted by molar-refractivity contribution is -0.124. The fourth-order valence-corrected chi connectivity index (χ4v) is 4.76. The zero-order valence-corrected chi connectivity index (χ0v) is 17.0. The monoisotopic (exact) mass is 396 g/mol. The minimum atomic E-state index is -0.425. The van der Waals surface area contributed by atoms with Crippen LogP contribution in [0.15, 0.2) is 72.8 Å². The third kappa shape index (κ3) is 3.09. The van der Waals surface area contributed by atoms with Crippen LogP contribution in [0, 0.1) is 6.92 Å². The molecular weight excluding hydrogens is 372 g/mol. The maximum atomic E-state index is 13.5. The molecule has 0 saturated carbocycles. The Morgan fingerprint density at radius 3 is 2.47 bits per heavy atom. The first-order valence-electron chi connectivity index (χ1n) is 10.4. The van der Waals surface area contributed by atoms with Crippen molar-refractivity contribution in [1.29, 1.82) is 0 Å². The summed E-state index contributed by atoms with van der Waals surface area (Å²) >= 11 is 0. The van der Waals surface area contributed by atoms with Gasteiger partial charge in [0.1, 0.15) is 0 Å². The van der Waals surface area contributed by atoms with Gasteiger partial charge in [0.25, 0.3) is 5.91 Å². The van der Waals surface area contributed by atoms with Gasteiger partial charge in [-0.2, -0.15) is 0 Å². The second-order valence-electron chi connectivity index (χ2n) is 8.16. The molecular formula is C26H24N2O2. The molecule has 4 nitrogen and oxygen atoms in total. The van der Waals surface area contributed by atoms with Gasteiger partial charge in [-0.3, -0.25) is 9.59 Å². The van der Waals surface area contributed by atoms with E-state index in [-0.39, 0.29) is 17.9 Å². The summed E-state index contributed by atoms with van der Waals surface area (Å²) in [5, 5.41) is 3.13. The van der Waals surface area contributed by atoms with Gasteiger partial charge < -0.3 is 10.2 Å². The highest BCUT2D eigenvalue weighted by Gasteiger charge is 2.45. The molecule has 2 heterocycles. The Balaban J connectivity index is 1.53. The molecule has 2 aliphatic rings. The molecule has 0 bridgehead atoms. The predicted octanol–water partition coefficient (Wildman–Crippen LogP) is 4.15. The number of aryl methyl sites for hydroxylation is 1. The van der Waals surface area contributed by atoms with E-state index in [2.05, 4.69) is 29.6 Å². The van der Waals surface area contributed by atoms with Gasteiger partial charge in [0.2, 0.25) is 5.91 Å². The van der Waals surface area contributed by atoms with Crippen molar-refractivity contribution < 1.29 is 9.59 Å². The summed E-state index contributed by atoms with van der Waals surface area (Å²) < 4.78 is 0. The standard InChI is InChI=1S/C26H24N2O2/c1-17-10-12-18(13-11-17)16-27-25(29)23-21-8-4-5-9-22(21)26(30)28-15-14-19-6-2-3-7-20(19)24(23)28/h2-13,23-24H,14-16H2,1H3,(H,27,29)/t23-,24-/m0/s1. The van der Waals surface area contributed by atoms with Gasteiger partial charge in [-0.25, -0.2) is 0 Å². The fourth-order valence-electron chi connectivity index (χ4n) is 4.76. The van der Waals surface area contributed by atoms with Crippen LogP contribution < -0.4 is 5.32 Å². The normalized spacial score (nSPS) is 19.5. The Bertz CT molecular complexity index is 1120. The maximum absolute atomic E-state index is 13.5. The number of carbonyl (C=O) groups excluding carboxylic acids is 2. The predicted molar refractivity (Wildman–Crippen MR) is 116 cm³/mol. The highest BCUT2D eigenvalue weighted by Crippen LogP contribution is 2.45. The van der Waals surface area contributed by atoms with E-state index in [1.165, 1.54) is 11.1 Å². The van der Waals surface area contributed by atoms with E-state index >= 15 is 0 Å². The SMILES string of the molecule is Cc1ccc(CNC(=O)[C@H]2c3ccccc3C(=O)N3CCc4ccccc4[C@@H]23)cc1. The lowest BCUT2D eigenvalue weighted by Gasteiger charge is -2.45. The van der Waals surface area contributed by atoms with Gasteiger partial charge >= 0.3 is 0 Å². The summed E-state index contributed by atoms with van der Waals surface area (Å²) in [5.41, 5.74) is 6.03. The quantitative estimate of drug-likeness (QED) is 0.723. The molecule has 3 aromatic rings. The number of benzene rings is 3. The van der Waals surface area contributed by atoms with Crippen molar-refractivity contribution in [3.63, 3.8) is 0 Å². The van der Waals surface area contributed by atoms with Crippen molar-refractivity contribution in [3.8, 4) is 0 Å². The molecule has 2 atom stereocenters. The van der Waals surface area contributed by atoms with Crippen molar-refractivity contribution in [1.82, 2.24) is 10.2 Å². The Morgan fingerprint density at radius 1 is 0.967 bits per heavy atom. The lowest BCUT2D eigenvalue weighted by atomic mass is 9.76. The van der Waals surface area contributed by atoms with Crippen molar-refractivity contribution in [3.05, 3.63) is 106 Å². The van der Waals surface area contributed by atoms with Gasteiger partial charge in [-0.05, 0) is 41.7 Å². The van der Waals surface area contributed by atoms with Crippen molar-refractivity contribution >= 4 is 11.8 Å². The van der Waals surface area contributed by atoms with E-state index in [4.69, 9.17) is 0 Å². The van der Waals surface area contributed by atoms with Crippen LogP contribution in [-0.4, -0.2) is 23.3 Å². The van der Waals surface area contributed by atoms with E-state index < -0.39 is 5.92 Å². The molecule has 0 fully saturated rings. The second kappa shape index (κ2) is 7.45. The molecule has 0 aromatic heterocycles. The number of nitrogens with zero attached hydrogens (tertiary/aromatic N) is 1. The van der Waals surface area contributed by atoms with Crippen LogP contribution in [0.5, 0.6) is 0 Å². The number of fused-ring (bicyclic) bond motifs is 4. The highest BCUT2D eigenvalue weighted by molar-refractivity contribution is 6.01. The molecule has 2 amide bonds. The zero-order chi connectivity index (χ0) is 20.7. The number of rotatable bonds is 3. The van der Waals surface area contributed by atoms with Crippen LogP contribution in [0.2, 0.25) is 0 Å². The first kappa shape index (κ1) is 18.6. The minimum absolute atomic E-state index is 0.0210. The summed E-state index contributed by atoms with van der Waals surface area (Å²) in [6.07, 6.45) is 0.818. The van der Waals surface area contributed by atoms with Gasteiger partial charge in [0, 0.05) is 18.7 Å². The first-order valence-corrected chi connectivity index (χ1v) is 10.4. The number of hydrogen-bond acceptors (Lipinski definition) is 2. The minimum Gasteiger partial charge on any atom is -0.351 e. The Hall–Kier alpha value is -3.40. The largest absolute Gasteiger partial charge is 0.351 e. The van der Waals surface area contributed by atoms with Crippen LogP contribution in [0.4, 0.5) is 0 Å². The van der Waals surface area contributed by atoms with Crippen molar-refractivity contribution in [2.45, 2.75) is 31.8 Å². The molecule has 0 radical (unpaired) electrons. The van der Waals surface area contributed by atoms with Crippen molar-refractivity contribution in [2.24, 2.45) is 0 Å². The lowest BCUT2D eigenvalue weighted by Crippen LogP contribution is -2.50. The Labute approximate surface area is 176 Å². The van der Waals surface area contributed by atoms with E-state index in [1.54, 1.807) is 0 Å². The van der Waals surface area contributed by atoms with E-state index in [1.807, 2.05) is 60.4 Å². The molecule has 0 aliphatic carbocycles. The van der Waals surface area contributed by atoms with Crippen LogP contribution in [0.1, 0.15) is 50.1 Å². The molecule has 2 aliphatic heterocycles. The van der Waals surface area contributed by atoms with Crippen LogP contribution in [-0.2, 0) is 17.8 Å². The summed E-state index contributed by atoms with van der Waals surface area (Å²) in [6, 6.07) is 23.7. The van der Waals surface area contributed by atoms with Gasteiger partial charge in [0.15, 0.2) is 0 Å². The molecule has 150 valence electrons. The van der Waals surface area contributed by atoms with Gasteiger partial charge in [-0.1, -0.05) is 72.3 Å². The second-order valence-corrected chi connectivity index (χ2v) is 8.16. The molecule has 5 rings (SSSR count). The average molecular weight is 396 g/mol. The summed E-state index contributed by atoms with van der Waals surface area (Å²) in [5.74, 6) is -0.444. The molecule has 1 N–H and O–H groups in total. The smallest absolute Gasteiger partial charge is 0.254 e. The third-order valence-corrected chi connectivity index (χ3v) is 6.30. The van der Waals surface area contributed by atoms with Crippen molar-refractivity contribution in [2.75, 3.05) is 6.54 Å². The fraction of sp³-hybridized carbons (Fsp3) is 0.231. The molecule has 0 saturated heterocycles. The summed E-state index contributed by atoms with van der Waals surface area (Å²) in [4.78, 5) is 28.6. The van der Waals surface area contributed by atoms with Crippen LogP contribution in [0.25, 0.3) is 0 Å². The molecule has 0 unspecified atom stereocenters. The molecule has 0 spiro atoms. The van der Waals surface area contributed by atoms with Crippen LogP contribution in [0.3, 0.4) is 0 Å². The summed E-state index contributed by atoms with van der Waals surface area (Å²) in [6.45, 7) is 3.16. The van der Waals surface area contributed by atoms with E-state index in [9.17, 15) is 9.59 Å². The van der Waals surface area contributed by atoms with Gasteiger partial charge in [0.05, 0.1) is 12.0 Å². The third-order valence-electron chi connectivity index (χ3n) is 6.30. The van der Waals surface area contributed by atoms with E-state index in [0.717, 1.165) is 23.1 Å². The molecule has 3 aromatic carbocycles. The molecule has 4 heteroatoms. The maximum Gasteiger partial charge on any atom is 0.254 e. The van der Waals surface area contributed by atoms with Gasteiger partial charge in [-0.15, -0.1) is 0 Å². The zero-order valence-electron chi connectivity index (χ0n) is 17.0. The average Bonchev–Trinajstić information content (AvgIpc) is 2.79. The summed E-state index contributed by atoms with van der Waals surface area (Å²) in [7, 11) is 0. The molecule has 30 heavy (non-hydrogen) atoms. The topological polar surface area (TPSA) is 49.4 Å². The number of amides is 2.